The van der Waals surface area contributed by atoms with Crippen LogP contribution in [0, 0.1) is 0 Å². The van der Waals surface area contributed by atoms with Gasteiger partial charge in [-0.2, -0.15) is 0 Å². The van der Waals surface area contributed by atoms with Crippen LogP contribution in [-0.4, -0.2) is 49.3 Å². The van der Waals surface area contributed by atoms with E-state index in [0.717, 1.165) is 16.5 Å². The van der Waals surface area contributed by atoms with Crippen molar-refractivity contribution in [2.75, 3.05) is 31.7 Å². The number of amides is 2. The highest BCUT2D eigenvalue weighted by Gasteiger charge is 2.26. The summed E-state index contributed by atoms with van der Waals surface area (Å²) in [6.45, 7) is 5.93. The van der Waals surface area contributed by atoms with Crippen molar-refractivity contribution in [1.82, 2.24) is 4.90 Å². The van der Waals surface area contributed by atoms with Gasteiger partial charge >= 0.3 is 12.0 Å². The molecule has 0 radical (unpaired) electrons. The lowest BCUT2D eigenvalue weighted by atomic mass is 10.2. The number of morpholine rings is 1. The number of hydrogen-bond acceptors (Lipinski definition) is 5. The molecule has 0 bridgehead atoms. The molecule has 2 aromatic rings. The van der Waals surface area contributed by atoms with E-state index in [4.69, 9.17) is 9.47 Å². The minimum Gasteiger partial charge on any atom is -0.462 e. The highest BCUT2D eigenvalue weighted by atomic mass is 32.1. The number of nitrogens with zero attached hydrogens (tertiary/aromatic N) is 1. The van der Waals surface area contributed by atoms with Gasteiger partial charge in [0.15, 0.2) is 0 Å². The van der Waals surface area contributed by atoms with Crippen LogP contribution in [-0.2, 0) is 9.47 Å². The van der Waals surface area contributed by atoms with Gasteiger partial charge in [0.25, 0.3) is 0 Å². The number of fused-ring (bicyclic) bond motifs is 1. The fraction of sp³-hybridized carbons (Fsp3) is 0.444. The lowest BCUT2D eigenvalue weighted by Gasteiger charge is -2.35. The number of hydrogen-bond donors (Lipinski definition) is 1. The van der Waals surface area contributed by atoms with E-state index in [1.807, 2.05) is 30.0 Å². The number of esters is 1. The van der Waals surface area contributed by atoms with Crippen molar-refractivity contribution in [3.8, 4) is 0 Å². The first-order chi connectivity index (χ1) is 12.1. The van der Waals surface area contributed by atoms with E-state index in [1.54, 1.807) is 13.0 Å². The maximum Gasteiger partial charge on any atom is 0.348 e. The minimum atomic E-state index is -0.312. The van der Waals surface area contributed by atoms with E-state index in [-0.39, 0.29) is 18.0 Å². The Morgan fingerprint density at radius 1 is 1.36 bits per heavy atom. The van der Waals surface area contributed by atoms with Crippen molar-refractivity contribution in [1.29, 1.82) is 0 Å². The van der Waals surface area contributed by atoms with E-state index in [9.17, 15) is 9.59 Å². The van der Waals surface area contributed by atoms with Crippen LogP contribution >= 0.6 is 11.3 Å². The fourth-order valence-corrected chi connectivity index (χ4v) is 3.82. The number of carbonyl (C=O) groups is 2. The van der Waals surface area contributed by atoms with Crippen LogP contribution in [0.3, 0.4) is 0 Å². The molecule has 1 aliphatic heterocycles. The Morgan fingerprint density at radius 3 is 2.96 bits per heavy atom. The molecular formula is C18H22N2O4S. The third-order valence-electron chi connectivity index (χ3n) is 4.20. The van der Waals surface area contributed by atoms with E-state index < -0.39 is 0 Å². The van der Waals surface area contributed by atoms with E-state index in [1.165, 1.54) is 11.3 Å². The van der Waals surface area contributed by atoms with Crippen molar-refractivity contribution < 1.29 is 19.1 Å². The summed E-state index contributed by atoms with van der Waals surface area (Å²) in [6, 6.07) is 7.44. The molecule has 1 fully saturated rings. The predicted octanol–water partition coefficient (Wildman–Crippen LogP) is 3.72. The predicted molar refractivity (Wildman–Crippen MR) is 98.4 cm³/mol. The Kier molecular flexibility index (Phi) is 5.55. The number of nitrogens with one attached hydrogen (secondary N) is 1. The summed E-state index contributed by atoms with van der Waals surface area (Å²) in [7, 11) is 0. The largest absolute Gasteiger partial charge is 0.462 e. The van der Waals surface area contributed by atoms with Gasteiger partial charge in [-0.05, 0) is 43.0 Å². The fourth-order valence-electron chi connectivity index (χ4n) is 2.88. The van der Waals surface area contributed by atoms with E-state index in [2.05, 4.69) is 5.32 Å². The molecular weight excluding hydrogens is 340 g/mol. The molecule has 3 rings (SSSR count). The van der Waals surface area contributed by atoms with Gasteiger partial charge in [-0.15, -0.1) is 11.3 Å². The molecule has 1 saturated heterocycles. The molecule has 0 saturated carbocycles. The molecule has 6 nitrogen and oxygen atoms in total. The Balaban J connectivity index is 1.75. The van der Waals surface area contributed by atoms with Crippen LogP contribution in [0.4, 0.5) is 10.5 Å². The molecule has 0 spiro atoms. The van der Waals surface area contributed by atoms with Gasteiger partial charge in [-0.3, -0.25) is 0 Å². The van der Waals surface area contributed by atoms with Crippen LogP contribution in [0.15, 0.2) is 24.3 Å². The highest BCUT2D eigenvalue weighted by Crippen LogP contribution is 2.29. The molecule has 1 atom stereocenters. The van der Waals surface area contributed by atoms with E-state index in [0.29, 0.717) is 36.9 Å². The third-order valence-corrected chi connectivity index (χ3v) is 5.30. The zero-order chi connectivity index (χ0) is 17.8. The molecule has 0 unspecified atom stereocenters. The van der Waals surface area contributed by atoms with Gasteiger partial charge in [-0.1, -0.05) is 6.92 Å². The topological polar surface area (TPSA) is 67.9 Å². The van der Waals surface area contributed by atoms with Gasteiger partial charge < -0.3 is 19.7 Å². The van der Waals surface area contributed by atoms with Gasteiger partial charge in [0.1, 0.15) is 4.88 Å². The number of carbonyl (C=O) groups excluding carboxylic acids is 2. The quantitative estimate of drug-likeness (QED) is 0.842. The first-order valence-corrected chi connectivity index (χ1v) is 9.30. The summed E-state index contributed by atoms with van der Waals surface area (Å²) in [5, 5.41) is 3.87. The molecule has 134 valence electrons. The lowest BCUT2D eigenvalue weighted by Crippen LogP contribution is -2.50. The smallest absolute Gasteiger partial charge is 0.348 e. The Morgan fingerprint density at radius 2 is 2.20 bits per heavy atom. The Labute approximate surface area is 150 Å². The van der Waals surface area contributed by atoms with Gasteiger partial charge in [0, 0.05) is 16.9 Å². The number of ether oxygens (including phenoxy) is 2. The second kappa shape index (κ2) is 7.84. The molecule has 1 N–H and O–H groups in total. The van der Waals surface area contributed by atoms with Gasteiger partial charge in [0.2, 0.25) is 0 Å². The molecule has 1 aromatic carbocycles. The van der Waals surface area contributed by atoms with Crippen LogP contribution < -0.4 is 5.32 Å². The van der Waals surface area contributed by atoms with Crippen molar-refractivity contribution in [3.63, 3.8) is 0 Å². The highest BCUT2D eigenvalue weighted by molar-refractivity contribution is 7.20. The van der Waals surface area contributed by atoms with Crippen molar-refractivity contribution in [2.24, 2.45) is 0 Å². The van der Waals surface area contributed by atoms with Gasteiger partial charge in [0.05, 0.1) is 25.9 Å². The molecule has 25 heavy (non-hydrogen) atoms. The normalized spacial score (nSPS) is 17.5. The molecule has 0 aliphatic carbocycles. The Hall–Kier alpha value is -2.12. The van der Waals surface area contributed by atoms with Crippen LogP contribution in [0.2, 0.25) is 0 Å². The average molecular weight is 362 g/mol. The SMILES string of the molecule is CCOC(=O)c1cc2cc(NC(=O)N3CCOC[C@@H]3CC)ccc2s1. The first kappa shape index (κ1) is 17.7. The summed E-state index contributed by atoms with van der Waals surface area (Å²) >= 11 is 1.39. The molecule has 1 aromatic heterocycles. The first-order valence-electron chi connectivity index (χ1n) is 8.48. The number of rotatable bonds is 4. The second-order valence-corrected chi connectivity index (χ2v) is 6.93. The number of urea groups is 1. The summed E-state index contributed by atoms with van der Waals surface area (Å²) in [5.74, 6) is -0.312. The maximum atomic E-state index is 12.6. The lowest BCUT2D eigenvalue weighted by molar-refractivity contribution is 0.0144. The molecule has 1 aliphatic rings. The summed E-state index contributed by atoms with van der Waals surface area (Å²) in [5.41, 5.74) is 0.715. The van der Waals surface area contributed by atoms with Gasteiger partial charge in [-0.25, -0.2) is 9.59 Å². The molecule has 2 amide bonds. The zero-order valence-corrected chi connectivity index (χ0v) is 15.2. The van der Waals surface area contributed by atoms with Crippen molar-refractivity contribution in [3.05, 3.63) is 29.1 Å². The summed E-state index contributed by atoms with van der Waals surface area (Å²) in [6.07, 6.45) is 0.861. The number of benzene rings is 1. The maximum absolute atomic E-state index is 12.6. The monoisotopic (exact) mass is 362 g/mol. The minimum absolute atomic E-state index is 0.106. The van der Waals surface area contributed by atoms with Crippen LogP contribution in [0.1, 0.15) is 29.9 Å². The van der Waals surface area contributed by atoms with E-state index >= 15 is 0 Å². The standard InChI is InChI=1S/C18H22N2O4S/c1-3-14-11-23-8-7-20(14)18(22)19-13-5-6-15-12(9-13)10-16(25-15)17(21)24-4-2/h5-6,9-10,14H,3-4,7-8,11H2,1-2H3,(H,19,22)/t14-/m0/s1. The third kappa shape index (κ3) is 3.93. The zero-order valence-electron chi connectivity index (χ0n) is 14.4. The van der Waals surface area contributed by atoms with Crippen molar-refractivity contribution >= 4 is 39.1 Å². The van der Waals surface area contributed by atoms with Crippen molar-refractivity contribution in [2.45, 2.75) is 26.3 Å². The molecule has 7 heteroatoms. The molecule has 2 heterocycles. The van der Waals surface area contributed by atoms with Crippen LogP contribution in [0.25, 0.3) is 10.1 Å². The average Bonchev–Trinajstić information content (AvgIpc) is 3.05. The van der Waals surface area contributed by atoms with Crippen LogP contribution in [0.5, 0.6) is 0 Å². The summed E-state index contributed by atoms with van der Waals surface area (Å²) < 4.78 is 11.5. The number of thiophene rings is 1. The second-order valence-electron chi connectivity index (χ2n) is 5.84. The summed E-state index contributed by atoms with van der Waals surface area (Å²) in [4.78, 5) is 26.8. The number of anilines is 1. The Bertz CT molecular complexity index is 774.